The van der Waals surface area contributed by atoms with E-state index >= 15 is 0 Å². The summed E-state index contributed by atoms with van der Waals surface area (Å²) in [6.07, 6.45) is 0. The van der Waals surface area contributed by atoms with Crippen molar-refractivity contribution in [2.24, 2.45) is 0 Å². The van der Waals surface area contributed by atoms with Crippen LogP contribution in [0.3, 0.4) is 0 Å². The van der Waals surface area contributed by atoms with Crippen molar-refractivity contribution in [3.05, 3.63) is 138 Å². The first kappa shape index (κ1) is 24.0. The number of para-hydroxylation sites is 5. The van der Waals surface area contributed by atoms with E-state index in [1.807, 2.05) is 0 Å². The number of imidazole rings is 1. The lowest BCUT2D eigenvalue weighted by atomic mass is 9.73. The van der Waals surface area contributed by atoms with Crippen LogP contribution >= 0.6 is 0 Å². The maximum Gasteiger partial charge on any atom is 0.216 e. The summed E-state index contributed by atoms with van der Waals surface area (Å²) in [7, 11) is 0. The summed E-state index contributed by atoms with van der Waals surface area (Å²) >= 11 is 0. The molecule has 0 atom stereocenters. The van der Waals surface area contributed by atoms with Crippen LogP contribution in [0, 0.1) is 0 Å². The van der Waals surface area contributed by atoms with Crippen LogP contribution in [-0.2, 0) is 11.0 Å². The van der Waals surface area contributed by atoms with Gasteiger partial charge in [0.2, 0.25) is 5.95 Å². The Kier molecular flexibility index (Phi) is 4.88. The first-order chi connectivity index (χ1) is 19.9. The zero-order valence-electron chi connectivity index (χ0n) is 23.8. The van der Waals surface area contributed by atoms with Crippen molar-refractivity contribution in [1.82, 2.24) is 9.55 Å². The lowest BCUT2D eigenvalue weighted by Crippen LogP contribution is -2.37. The average molecular weight is 533 g/mol. The van der Waals surface area contributed by atoms with Gasteiger partial charge in [-0.15, -0.1) is 0 Å². The van der Waals surface area contributed by atoms with Gasteiger partial charge in [-0.05, 0) is 73.5 Å². The first-order valence-electron chi connectivity index (χ1n) is 14.3. The lowest BCUT2D eigenvalue weighted by molar-refractivity contribution is 0.442. The fourth-order valence-corrected chi connectivity index (χ4v) is 7.08. The van der Waals surface area contributed by atoms with E-state index in [9.17, 15) is 0 Å². The summed E-state index contributed by atoms with van der Waals surface area (Å²) < 4.78 is 2.39. The minimum Gasteiger partial charge on any atom is -0.310 e. The molecule has 0 N–H and O–H groups in total. The molecule has 4 nitrogen and oxygen atoms in total. The van der Waals surface area contributed by atoms with Crippen LogP contribution in [-0.4, -0.2) is 9.55 Å². The quantitative estimate of drug-likeness (QED) is 0.222. The van der Waals surface area contributed by atoms with Crippen LogP contribution in [0.25, 0.3) is 11.0 Å². The smallest absolute Gasteiger partial charge is 0.216 e. The first-order valence-corrected chi connectivity index (χ1v) is 14.3. The van der Waals surface area contributed by atoms with Gasteiger partial charge in [0, 0.05) is 22.4 Å². The van der Waals surface area contributed by atoms with Gasteiger partial charge in [-0.25, -0.2) is 4.98 Å². The molecule has 2 aliphatic rings. The normalized spacial score (nSPS) is 16.1. The molecule has 0 unspecified atom stereocenters. The summed E-state index contributed by atoms with van der Waals surface area (Å²) in [5, 5.41) is 0. The molecule has 2 aliphatic heterocycles. The van der Waals surface area contributed by atoms with Crippen LogP contribution in [0.5, 0.6) is 0 Å². The number of fused-ring (bicyclic) bond motifs is 6. The van der Waals surface area contributed by atoms with Crippen LogP contribution in [0.4, 0.5) is 34.4 Å². The summed E-state index contributed by atoms with van der Waals surface area (Å²) in [5.41, 5.74) is 11.5. The highest BCUT2D eigenvalue weighted by Crippen LogP contribution is 2.54. The van der Waals surface area contributed by atoms with E-state index in [4.69, 9.17) is 4.98 Å². The van der Waals surface area contributed by atoms with E-state index < -0.39 is 0 Å². The van der Waals surface area contributed by atoms with Crippen LogP contribution in [0.15, 0.2) is 121 Å². The predicted molar refractivity (Wildman–Crippen MR) is 170 cm³/mol. The number of hydrogen-bond donors (Lipinski definition) is 0. The standard InChI is InChI=1S/C37H32N4/c1-36(2)27-16-8-11-19-31(27)39(32-20-12-9-17-28(32)36)26-22-23-29-34(24-26)40(25-14-6-5-7-15-25)35-38-30-18-10-13-21-33(30)41(35)37(29,3)4/h5-24H,1-4H3. The summed E-state index contributed by atoms with van der Waals surface area (Å²) in [5.74, 6) is 0.938. The molecule has 5 aromatic carbocycles. The molecule has 8 rings (SSSR count). The predicted octanol–water partition coefficient (Wildman–Crippen LogP) is 9.71. The summed E-state index contributed by atoms with van der Waals surface area (Å²) in [4.78, 5) is 9.98. The van der Waals surface area contributed by atoms with Gasteiger partial charge in [0.15, 0.2) is 0 Å². The second-order valence-electron chi connectivity index (χ2n) is 12.2. The maximum absolute atomic E-state index is 5.21. The molecule has 0 radical (unpaired) electrons. The van der Waals surface area contributed by atoms with Crippen LogP contribution in [0.2, 0.25) is 0 Å². The van der Waals surface area contributed by atoms with Gasteiger partial charge in [0.05, 0.1) is 33.6 Å². The Morgan fingerprint density at radius 2 is 1.12 bits per heavy atom. The third-order valence-corrected chi connectivity index (χ3v) is 9.09. The largest absolute Gasteiger partial charge is 0.310 e. The highest BCUT2D eigenvalue weighted by Gasteiger charge is 2.41. The van der Waals surface area contributed by atoms with Gasteiger partial charge in [0.25, 0.3) is 0 Å². The lowest BCUT2D eigenvalue weighted by Gasteiger charge is -2.44. The van der Waals surface area contributed by atoms with Crippen molar-refractivity contribution in [3.63, 3.8) is 0 Å². The van der Waals surface area contributed by atoms with Gasteiger partial charge in [0.1, 0.15) is 0 Å². The summed E-state index contributed by atoms with van der Waals surface area (Å²) in [6, 6.07) is 43.7. The fourth-order valence-electron chi connectivity index (χ4n) is 7.08. The Bertz CT molecular complexity index is 1920. The van der Waals surface area contributed by atoms with Gasteiger partial charge in [-0.2, -0.15) is 0 Å². The topological polar surface area (TPSA) is 24.3 Å². The van der Waals surface area contributed by atoms with E-state index in [1.165, 1.54) is 28.1 Å². The van der Waals surface area contributed by atoms with E-state index in [2.05, 4.69) is 163 Å². The van der Waals surface area contributed by atoms with Crippen molar-refractivity contribution in [2.75, 3.05) is 9.80 Å². The average Bonchev–Trinajstić information content (AvgIpc) is 3.38. The van der Waals surface area contributed by atoms with E-state index in [-0.39, 0.29) is 11.0 Å². The number of rotatable bonds is 2. The Morgan fingerprint density at radius 3 is 1.83 bits per heavy atom. The second kappa shape index (κ2) is 8.34. The molecule has 0 aliphatic carbocycles. The SMILES string of the molecule is CC1(C)c2ccccc2N(c2ccc3c(c2)N(c2ccccc2)c2nc4ccccc4n2C3(C)C)c2ccccc21. The van der Waals surface area contributed by atoms with Crippen molar-refractivity contribution in [2.45, 2.75) is 38.6 Å². The molecular formula is C37H32N4. The Labute approximate surface area is 241 Å². The fraction of sp³-hybridized carbons (Fsp3) is 0.162. The maximum atomic E-state index is 5.21. The van der Waals surface area contributed by atoms with E-state index in [0.717, 1.165) is 34.0 Å². The Balaban J connectivity index is 1.41. The Hall–Kier alpha value is -4.83. The molecule has 0 spiro atoms. The van der Waals surface area contributed by atoms with Gasteiger partial charge in [-0.1, -0.05) is 86.6 Å². The van der Waals surface area contributed by atoms with Crippen LogP contribution in [0.1, 0.15) is 44.4 Å². The monoisotopic (exact) mass is 532 g/mol. The zero-order valence-corrected chi connectivity index (χ0v) is 23.8. The minimum absolute atomic E-state index is 0.0964. The van der Waals surface area contributed by atoms with E-state index in [1.54, 1.807) is 0 Å². The molecule has 0 saturated heterocycles. The molecule has 0 bridgehead atoms. The van der Waals surface area contributed by atoms with Crippen molar-refractivity contribution >= 4 is 45.4 Å². The third kappa shape index (κ3) is 3.25. The molecule has 0 saturated carbocycles. The molecule has 0 amide bonds. The molecule has 6 aromatic rings. The number of aromatic nitrogens is 2. The highest BCUT2D eigenvalue weighted by atomic mass is 15.4. The molecular weight excluding hydrogens is 500 g/mol. The number of benzene rings is 5. The second-order valence-corrected chi connectivity index (χ2v) is 12.2. The van der Waals surface area contributed by atoms with Crippen LogP contribution < -0.4 is 9.80 Å². The zero-order chi connectivity index (χ0) is 27.9. The van der Waals surface area contributed by atoms with Crippen molar-refractivity contribution < 1.29 is 0 Å². The Morgan fingerprint density at radius 1 is 0.512 bits per heavy atom. The molecule has 4 heteroatoms. The van der Waals surface area contributed by atoms with E-state index in [0.29, 0.717) is 0 Å². The molecule has 41 heavy (non-hydrogen) atoms. The number of anilines is 6. The molecule has 0 fully saturated rings. The highest BCUT2D eigenvalue weighted by molar-refractivity contribution is 5.91. The van der Waals surface area contributed by atoms with Gasteiger partial charge < -0.3 is 4.90 Å². The molecule has 1 aromatic heterocycles. The van der Waals surface area contributed by atoms with Crippen molar-refractivity contribution in [1.29, 1.82) is 0 Å². The third-order valence-electron chi connectivity index (χ3n) is 9.09. The number of hydrogen-bond acceptors (Lipinski definition) is 3. The molecule has 200 valence electrons. The number of nitrogens with zero attached hydrogens (tertiary/aromatic N) is 4. The van der Waals surface area contributed by atoms with Crippen molar-refractivity contribution in [3.8, 4) is 0 Å². The van der Waals surface area contributed by atoms with Gasteiger partial charge >= 0.3 is 0 Å². The minimum atomic E-state index is -0.301. The molecule has 3 heterocycles. The van der Waals surface area contributed by atoms with Gasteiger partial charge in [-0.3, -0.25) is 9.47 Å². The summed E-state index contributed by atoms with van der Waals surface area (Å²) in [6.45, 7) is 9.27.